The van der Waals surface area contributed by atoms with E-state index in [4.69, 9.17) is 9.47 Å². The summed E-state index contributed by atoms with van der Waals surface area (Å²) in [5, 5.41) is 0. The average Bonchev–Trinajstić information content (AvgIpc) is 2.52. The van der Waals surface area contributed by atoms with E-state index in [1.807, 2.05) is 43.0 Å². The summed E-state index contributed by atoms with van der Waals surface area (Å²) < 4.78 is 11.5. The number of hydrogen-bond donors (Lipinski definition) is 0. The Balaban J connectivity index is 1.94. The monoisotopic (exact) mass is 305 g/mol. The van der Waals surface area contributed by atoms with Gasteiger partial charge in [0.15, 0.2) is 6.61 Å². The molecule has 1 aromatic rings. The molecule has 0 saturated carbocycles. The Labute approximate surface area is 133 Å². The molecule has 1 heterocycles. The molecule has 0 bridgehead atoms. The predicted molar refractivity (Wildman–Crippen MR) is 87.1 cm³/mol. The summed E-state index contributed by atoms with van der Waals surface area (Å²) in [6.07, 6.45) is 1.90. The van der Waals surface area contributed by atoms with Crippen LogP contribution in [0.5, 0.6) is 5.75 Å². The Morgan fingerprint density at radius 3 is 2.59 bits per heavy atom. The average molecular weight is 305 g/mol. The van der Waals surface area contributed by atoms with Gasteiger partial charge in [0.25, 0.3) is 5.91 Å². The van der Waals surface area contributed by atoms with Crippen LogP contribution in [0.25, 0.3) is 0 Å². The van der Waals surface area contributed by atoms with E-state index >= 15 is 0 Å². The third-order valence-corrected chi connectivity index (χ3v) is 4.14. The fraction of sp³-hybridized carbons (Fsp3) is 0.611. The number of ether oxygens (including phenoxy) is 2. The summed E-state index contributed by atoms with van der Waals surface area (Å²) >= 11 is 0. The molecule has 4 nitrogen and oxygen atoms in total. The molecule has 0 aliphatic carbocycles. The first-order valence-electron chi connectivity index (χ1n) is 8.10. The van der Waals surface area contributed by atoms with Gasteiger partial charge in [-0.3, -0.25) is 4.79 Å². The summed E-state index contributed by atoms with van der Waals surface area (Å²) in [7, 11) is 0. The molecule has 0 spiro atoms. The number of carbonyl (C=O) groups is 1. The predicted octanol–water partition coefficient (Wildman–Crippen LogP) is 3.04. The van der Waals surface area contributed by atoms with Crippen LogP contribution in [-0.2, 0) is 16.0 Å². The molecule has 1 unspecified atom stereocenters. The molecule has 1 aliphatic rings. The Hall–Kier alpha value is -1.55. The van der Waals surface area contributed by atoms with Crippen LogP contribution in [0.3, 0.4) is 0 Å². The minimum Gasteiger partial charge on any atom is -0.484 e. The lowest BCUT2D eigenvalue weighted by atomic mass is 10.0. The van der Waals surface area contributed by atoms with Crippen molar-refractivity contribution in [1.29, 1.82) is 0 Å². The number of aryl methyl sites for hydroxylation is 1. The van der Waals surface area contributed by atoms with E-state index < -0.39 is 0 Å². The molecule has 4 heteroatoms. The van der Waals surface area contributed by atoms with Gasteiger partial charge in [0.1, 0.15) is 5.75 Å². The van der Waals surface area contributed by atoms with E-state index in [2.05, 4.69) is 13.8 Å². The van der Waals surface area contributed by atoms with E-state index in [0.717, 1.165) is 18.6 Å². The van der Waals surface area contributed by atoms with Crippen LogP contribution in [0.15, 0.2) is 24.3 Å². The summed E-state index contributed by atoms with van der Waals surface area (Å²) in [4.78, 5) is 14.4. The van der Waals surface area contributed by atoms with Gasteiger partial charge in [-0.1, -0.05) is 26.0 Å². The van der Waals surface area contributed by atoms with Gasteiger partial charge in [0.2, 0.25) is 0 Å². The number of rotatable bonds is 5. The van der Waals surface area contributed by atoms with E-state index in [0.29, 0.717) is 13.2 Å². The first-order chi connectivity index (χ1) is 10.4. The maximum Gasteiger partial charge on any atom is 0.260 e. The van der Waals surface area contributed by atoms with Crippen molar-refractivity contribution in [3.05, 3.63) is 29.8 Å². The Kier molecular flexibility index (Phi) is 5.46. The third kappa shape index (κ3) is 4.23. The molecule has 1 aromatic carbocycles. The van der Waals surface area contributed by atoms with Gasteiger partial charge in [0, 0.05) is 6.54 Å². The summed E-state index contributed by atoms with van der Waals surface area (Å²) in [6.45, 7) is 9.52. The molecule has 1 atom stereocenters. The lowest BCUT2D eigenvalue weighted by Crippen LogP contribution is -2.56. The molecule has 1 fully saturated rings. The lowest BCUT2D eigenvalue weighted by molar-refractivity contribution is -0.157. The van der Waals surface area contributed by atoms with E-state index in [1.165, 1.54) is 5.56 Å². The van der Waals surface area contributed by atoms with Crippen LogP contribution in [0.2, 0.25) is 0 Å². The van der Waals surface area contributed by atoms with E-state index in [9.17, 15) is 4.79 Å². The minimum absolute atomic E-state index is 0.0304. The number of carbonyl (C=O) groups excluding carboxylic acids is 1. The number of amides is 1. The molecule has 1 saturated heterocycles. The van der Waals surface area contributed by atoms with E-state index in [1.54, 1.807) is 0 Å². The number of morpholine rings is 1. The third-order valence-electron chi connectivity index (χ3n) is 4.14. The van der Waals surface area contributed by atoms with Crippen LogP contribution in [0, 0.1) is 0 Å². The van der Waals surface area contributed by atoms with Crippen molar-refractivity contribution >= 4 is 5.91 Å². The van der Waals surface area contributed by atoms with Crippen molar-refractivity contribution in [2.45, 2.75) is 52.2 Å². The Bertz CT molecular complexity index is 496. The molecule has 1 aliphatic heterocycles. The van der Waals surface area contributed by atoms with Gasteiger partial charge in [0.05, 0.1) is 18.2 Å². The number of hydrogen-bond acceptors (Lipinski definition) is 3. The van der Waals surface area contributed by atoms with Crippen molar-refractivity contribution in [2.75, 3.05) is 19.8 Å². The highest BCUT2D eigenvalue weighted by Gasteiger charge is 2.35. The van der Waals surface area contributed by atoms with Crippen molar-refractivity contribution in [2.24, 2.45) is 0 Å². The van der Waals surface area contributed by atoms with Gasteiger partial charge < -0.3 is 14.4 Å². The lowest BCUT2D eigenvalue weighted by Gasteiger charge is -2.43. The van der Waals surface area contributed by atoms with Gasteiger partial charge in [-0.2, -0.15) is 0 Å². The van der Waals surface area contributed by atoms with Gasteiger partial charge >= 0.3 is 0 Å². The maximum absolute atomic E-state index is 12.5. The van der Waals surface area contributed by atoms with Crippen LogP contribution in [0.4, 0.5) is 0 Å². The molecule has 1 amide bonds. The zero-order valence-corrected chi connectivity index (χ0v) is 14.1. The molecule has 22 heavy (non-hydrogen) atoms. The van der Waals surface area contributed by atoms with Crippen LogP contribution >= 0.6 is 0 Å². The van der Waals surface area contributed by atoms with E-state index in [-0.39, 0.29) is 24.2 Å². The fourth-order valence-corrected chi connectivity index (χ4v) is 2.68. The van der Waals surface area contributed by atoms with Gasteiger partial charge in [-0.15, -0.1) is 0 Å². The zero-order valence-electron chi connectivity index (χ0n) is 14.1. The second kappa shape index (κ2) is 7.14. The van der Waals surface area contributed by atoms with Gasteiger partial charge in [-0.05, 0) is 44.4 Å². The van der Waals surface area contributed by atoms with Crippen molar-refractivity contribution < 1.29 is 14.3 Å². The normalized spacial score (nSPS) is 20.7. The Morgan fingerprint density at radius 1 is 1.32 bits per heavy atom. The van der Waals surface area contributed by atoms with Crippen LogP contribution in [-0.4, -0.2) is 42.2 Å². The molecule has 122 valence electrons. The quantitative estimate of drug-likeness (QED) is 0.839. The second-order valence-corrected chi connectivity index (χ2v) is 6.44. The highest BCUT2D eigenvalue weighted by Crippen LogP contribution is 2.22. The molecule has 0 aromatic heterocycles. The van der Waals surface area contributed by atoms with Gasteiger partial charge in [-0.25, -0.2) is 0 Å². The molecular weight excluding hydrogens is 278 g/mol. The maximum atomic E-state index is 12.5. The molecule has 2 rings (SSSR count). The number of nitrogens with zero attached hydrogens (tertiary/aromatic N) is 1. The highest BCUT2D eigenvalue weighted by molar-refractivity contribution is 5.78. The topological polar surface area (TPSA) is 38.8 Å². The van der Waals surface area contributed by atoms with Crippen molar-refractivity contribution in [3.63, 3.8) is 0 Å². The fourth-order valence-electron chi connectivity index (χ4n) is 2.68. The SMILES string of the molecule is CCc1ccc(OCC(=O)N2CC(C)(C)OCC2CC)cc1. The highest BCUT2D eigenvalue weighted by atomic mass is 16.5. The van der Waals surface area contributed by atoms with Crippen molar-refractivity contribution in [1.82, 2.24) is 4.90 Å². The minimum atomic E-state index is -0.288. The second-order valence-electron chi connectivity index (χ2n) is 6.44. The summed E-state index contributed by atoms with van der Waals surface area (Å²) in [5.41, 5.74) is 0.976. The zero-order chi connectivity index (χ0) is 16.2. The van der Waals surface area contributed by atoms with Crippen molar-refractivity contribution in [3.8, 4) is 5.75 Å². The van der Waals surface area contributed by atoms with Crippen LogP contribution < -0.4 is 4.74 Å². The summed E-state index contributed by atoms with van der Waals surface area (Å²) in [6, 6.07) is 8.06. The Morgan fingerprint density at radius 2 is 2.00 bits per heavy atom. The molecule has 0 N–H and O–H groups in total. The largest absolute Gasteiger partial charge is 0.484 e. The standard InChI is InChI=1S/C18H27NO3/c1-5-14-7-9-16(10-8-14)21-12-17(20)19-13-18(3,4)22-11-15(19)6-2/h7-10,15H,5-6,11-13H2,1-4H3. The first-order valence-corrected chi connectivity index (χ1v) is 8.10. The smallest absolute Gasteiger partial charge is 0.260 e. The van der Waals surface area contributed by atoms with Crippen LogP contribution in [0.1, 0.15) is 39.7 Å². The molecular formula is C18H27NO3. The number of benzene rings is 1. The summed E-state index contributed by atoms with van der Waals surface area (Å²) in [5.74, 6) is 0.772. The molecule has 0 radical (unpaired) electrons. The first kappa shape index (κ1) is 16.8.